The zero-order valence-electron chi connectivity index (χ0n) is 11.1. The van der Waals surface area contributed by atoms with Crippen molar-refractivity contribution in [2.45, 2.75) is 6.61 Å². The Hall–Kier alpha value is -2.46. The molecule has 3 aromatic rings. The fourth-order valence-corrected chi connectivity index (χ4v) is 2.15. The Bertz CT molecular complexity index is 741. The number of hydrogen-bond donors (Lipinski definition) is 1. The van der Waals surface area contributed by atoms with Gasteiger partial charge in [0.2, 0.25) is 5.88 Å². The van der Waals surface area contributed by atoms with Crippen molar-refractivity contribution < 1.29 is 9.26 Å². The van der Waals surface area contributed by atoms with Crippen LogP contribution >= 0.6 is 11.6 Å². The van der Waals surface area contributed by atoms with E-state index in [1.54, 1.807) is 18.2 Å². The number of rotatable bonds is 4. The molecule has 0 amide bonds. The fraction of sp³-hybridized carbons (Fsp3) is 0.0625. The van der Waals surface area contributed by atoms with Crippen LogP contribution in [0.2, 0.25) is 5.02 Å². The van der Waals surface area contributed by atoms with Gasteiger partial charge < -0.3 is 15.0 Å². The van der Waals surface area contributed by atoms with E-state index in [1.165, 1.54) is 0 Å². The number of nitrogens with two attached hydrogens (primary N) is 1. The summed E-state index contributed by atoms with van der Waals surface area (Å²) in [5.41, 5.74) is 7.99. The molecule has 2 aromatic carbocycles. The van der Waals surface area contributed by atoms with E-state index in [-0.39, 0.29) is 5.88 Å². The third kappa shape index (κ3) is 3.17. The Morgan fingerprint density at radius 3 is 2.62 bits per heavy atom. The molecular formula is C16H13ClN2O2. The highest BCUT2D eigenvalue weighted by Crippen LogP contribution is 2.33. The van der Waals surface area contributed by atoms with Crippen LogP contribution in [0.3, 0.4) is 0 Å². The molecule has 0 bridgehead atoms. The number of ether oxygens (including phenoxy) is 1. The molecular weight excluding hydrogens is 288 g/mol. The Morgan fingerprint density at radius 1 is 1.10 bits per heavy atom. The van der Waals surface area contributed by atoms with Gasteiger partial charge in [-0.05, 0) is 23.8 Å². The minimum atomic E-state index is 0.249. The van der Waals surface area contributed by atoms with Crippen LogP contribution in [0.5, 0.6) is 5.75 Å². The molecule has 21 heavy (non-hydrogen) atoms. The van der Waals surface area contributed by atoms with E-state index in [4.69, 9.17) is 26.6 Å². The summed E-state index contributed by atoms with van der Waals surface area (Å²) in [6.07, 6.45) is 0. The second-order valence-corrected chi connectivity index (χ2v) is 4.97. The third-order valence-corrected chi connectivity index (χ3v) is 3.22. The molecule has 2 N–H and O–H groups in total. The number of nitrogen functional groups attached to an aromatic ring is 1. The van der Waals surface area contributed by atoms with Crippen LogP contribution in [0, 0.1) is 0 Å². The fourth-order valence-electron chi connectivity index (χ4n) is 1.98. The predicted molar refractivity (Wildman–Crippen MR) is 82.1 cm³/mol. The molecule has 5 heteroatoms. The monoisotopic (exact) mass is 300 g/mol. The summed E-state index contributed by atoms with van der Waals surface area (Å²) in [5.74, 6) is 0.926. The quantitative estimate of drug-likeness (QED) is 0.786. The van der Waals surface area contributed by atoms with E-state index < -0.39 is 0 Å². The average Bonchev–Trinajstić information content (AvgIpc) is 2.93. The van der Waals surface area contributed by atoms with Crippen molar-refractivity contribution in [3.63, 3.8) is 0 Å². The van der Waals surface area contributed by atoms with Crippen molar-refractivity contribution in [3.05, 3.63) is 65.2 Å². The van der Waals surface area contributed by atoms with Gasteiger partial charge in [-0.1, -0.05) is 47.1 Å². The van der Waals surface area contributed by atoms with Gasteiger partial charge in [0.1, 0.15) is 18.1 Å². The van der Waals surface area contributed by atoms with Crippen molar-refractivity contribution in [1.29, 1.82) is 0 Å². The van der Waals surface area contributed by atoms with Crippen LogP contribution in [0.4, 0.5) is 5.88 Å². The number of anilines is 1. The van der Waals surface area contributed by atoms with Crippen LogP contribution in [0.25, 0.3) is 11.3 Å². The molecule has 3 rings (SSSR count). The molecule has 0 radical (unpaired) electrons. The number of nitrogens with zero attached hydrogens (tertiary/aromatic N) is 1. The molecule has 1 heterocycles. The van der Waals surface area contributed by atoms with Crippen molar-refractivity contribution in [3.8, 4) is 17.0 Å². The normalized spacial score (nSPS) is 10.5. The van der Waals surface area contributed by atoms with E-state index in [9.17, 15) is 0 Å². The maximum absolute atomic E-state index is 6.05. The number of benzene rings is 2. The standard InChI is InChI=1S/C16H13ClN2O2/c17-12-6-7-15(20-10-11-4-2-1-3-5-11)13(8-12)14-9-16(18)21-19-14/h1-9H,10,18H2. The van der Waals surface area contributed by atoms with E-state index in [0.29, 0.717) is 23.1 Å². The lowest BCUT2D eigenvalue weighted by molar-refractivity contribution is 0.307. The summed E-state index contributed by atoms with van der Waals surface area (Å²) in [4.78, 5) is 0. The number of aromatic nitrogens is 1. The molecule has 0 saturated heterocycles. The molecule has 0 fully saturated rings. The minimum absolute atomic E-state index is 0.249. The van der Waals surface area contributed by atoms with Gasteiger partial charge in [0.15, 0.2) is 0 Å². The van der Waals surface area contributed by atoms with Gasteiger partial charge in [-0.3, -0.25) is 0 Å². The summed E-state index contributed by atoms with van der Waals surface area (Å²) in [6.45, 7) is 0.461. The van der Waals surface area contributed by atoms with E-state index in [1.807, 2.05) is 36.4 Å². The first kappa shape index (κ1) is 13.5. The van der Waals surface area contributed by atoms with Gasteiger partial charge in [-0.2, -0.15) is 0 Å². The Labute approximate surface area is 127 Å². The second-order valence-electron chi connectivity index (χ2n) is 4.53. The summed E-state index contributed by atoms with van der Waals surface area (Å²) < 4.78 is 10.8. The van der Waals surface area contributed by atoms with Gasteiger partial charge >= 0.3 is 0 Å². The molecule has 106 valence electrons. The Morgan fingerprint density at radius 2 is 1.90 bits per heavy atom. The average molecular weight is 301 g/mol. The number of halogens is 1. The highest BCUT2D eigenvalue weighted by molar-refractivity contribution is 6.30. The lowest BCUT2D eigenvalue weighted by atomic mass is 10.1. The molecule has 1 aromatic heterocycles. The van der Waals surface area contributed by atoms with Crippen LogP contribution < -0.4 is 10.5 Å². The van der Waals surface area contributed by atoms with Gasteiger partial charge in [0.05, 0.1) is 0 Å². The molecule has 0 aliphatic rings. The summed E-state index contributed by atoms with van der Waals surface area (Å²) in [6, 6.07) is 16.9. The summed E-state index contributed by atoms with van der Waals surface area (Å²) in [7, 11) is 0. The lowest BCUT2D eigenvalue weighted by Gasteiger charge is -2.10. The lowest BCUT2D eigenvalue weighted by Crippen LogP contribution is -1.97. The summed E-state index contributed by atoms with van der Waals surface area (Å²) >= 11 is 6.05. The SMILES string of the molecule is Nc1cc(-c2cc(Cl)ccc2OCc2ccccc2)no1. The first-order valence-corrected chi connectivity index (χ1v) is 6.79. The van der Waals surface area contributed by atoms with Crippen molar-refractivity contribution in [2.24, 2.45) is 0 Å². The highest BCUT2D eigenvalue weighted by atomic mass is 35.5. The maximum Gasteiger partial charge on any atom is 0.222 e. The van der Waals surface area contributed by atoms with Gasteiger partial charge in [0, 0.05) is 16.7 Å². The Kier molecular flexibility index (Phi) is 3.79. The Balaban J connectivity index is 1.88. The molecule has 4 nitrogen and oxygen atoms in total. The predicted octanol–water partition coefficient (Wildman–Crippen LogP) is 4.16. The van der Waals surface area contributed by atoms with Crippen LogP contribution in [-0.4, -0.2) is 5.16 Å². The molecule has 0 saturated carbocycles. The van der Waals surface area contributed by atoms with E-state index in [0.717, 1.165) is 11.1 Å². The molecule has 0 unspecified atom stereocenters. The molecule has 0 spiro atoms. The van der Waals surface area contributed by atoms with Gasteiger partial charge in [-0.25, -0.2) is 0 Å². The van der Waals surface area contributed by atoms with Crippen molar-refractivity contribution in [2.75, 3.05) is 5.73 Å². The van der Waals surface area contributed by atoms with Gasteiger partial charge in [0.25, 0.3) is 0 Å². The van der Waals surface area contributed by atoms with E-state index in [2.05, 4.69) is 5.16 Å². The van der Waals surface area contributed by atoms with Crippen LogP contribution in [0.15, 0.2) is 59.1 Å². The zero-order chi connectivity index (χ0) is 14.7. The maximum atomic E-state index is 6.05. The molecule has 0 aliphatic heterocycles. The smallest absolute Gasteiger partial charge is 0.222 e. The third-order valence-electron chi connectivity index (χ3n) is 2.98. The molecule has 0 aliphatic carbocycles. The summed E-state index contributed by atoms with van der Waals surface area (Å²) in [5, 5.41) is 4.50. The van der Waals surface area contributed by atoms with Crippen LogP contribution in [0.1, 0.15) is 5.56 Å². The van der Waals surface area contributed by atoms with Crippen molar-refractivity contribution >= 4 is 17.5 Å². The minimum Gasteiger partial charge on any atom is -0.488 e. The van der Waals surface area contributed by atoms with Gasteiger partial charge in [-0.15, -0.1) is 0 Å². The molecule has 0 atom stereocenters. The first-order valence-electron chi connectivity index (χ1n) is 6.41. The number of hydrogen-bond acceptors (Lipinski definition) is 4. The topological polar surface area (TPSA) is 61.3 Å². The van der Waals surface area contributed by atoms with Crippen molar-refractivity contribution in [1.82, 2.24) is 5.16 Å². The zero-order valence-corrected chi connectivity index (χ0v) is 11.9. The van der Waals surface area contributed by atoms with E-state index >= 15 is 0 Å². The largest absolute Gasteiger partial charge is 0.488 e. The first-order chi connectivity index (χ1) is 10.2. The second kappa shape index (κ2) is 5.89. The highest BCUT2D eigenvalue weighted by Gasteiger charge is 2.12. The van der Waals surface area contributed by atoms with Crippen LogP contribution in [-0.2, 0) is 6.61 Å².